The fraction of sp³-hybridized carbons (Fsp3) is 0.538. The van der Waals surface area contributed by atoms with Crippen LogP contribution in [0.2, 0.25) is 0 Å². The Balaban J connectivity index is 1.77. The van der Waals surface area contributed by atoms with Crippen LogP contribution >= 0.6 is 11.8 Å². The maximum atomic E-state index is 12.9. The molecule has 0 saturated carbocycles. The molecule has 0 bridgehead atoms. The number of nitrogens with one attached hydrogen (secondary N) is 1. The molecule has 0 aromatic heterocycles. The van der Waals surface area contributed by atoms with Gasteiger partial charge in [0.25, 0.3) is 0 Å². The highest BCUT2D eigenvalue weighted by atomic mass is 32.2. The minimum atomic E-state index is -0.504. The zero-order chi connectivity index (χ0) is 12.1. The number of hydrogen-bond acceptors (Lipinski definition) is 2. The van der Waals surface area contributed by atoms with E-state index in [9.17, 15) is 8.78 Å². The maximum Gasteiger partial charge on any atom is 0.126 e. The van der Waals surface area contributed by atoms with Crippen LogP contribution in [-0.2, 0) is 6.54 Å². The van der Waals surface area contributed by atoms with Gasteiger partial charge < -0.3 is 5.32 Å². The van der Waals surface area contributed by atoms with Crippen molar-refractivity contribution in [2.45, 2.75) is 19.4 Å². The molecule has 0 aliphatic carbocycles. The van der Waals surface area contributed by atoms with E-state index in [2.05, 4.69) is 5.32 Å². The third kappa shape index (κ3) is 4.28. The van der Waals surface area contributed by atoms with Crippen LogP contribution in [0.5, 0.6) is 0 Å². The first-order valence-corrected chi connectivity index (χ1v) is 7.13. The van der Waals surface area contributed by atoms with Crippen LogP contribution in [0.3, 0.4) is 0 Å². The molecule has 0 spiro atoms. The molecule has 2 rings (SSSR count). The fourth-order valence-electron chi connectivity index (χ4n) is 2.08. The molecule has 1 saturated heterocycles. The van der Waals surface area contributed by atoms with E-state index in [0.717, 1.165) is 18.5 Å². The molecule has 1 heterocycles. The number of hydrogen-bond donors (Lipinski definition) is 1. The van der Waals surface area contributed by atoms with Crippen LogP contribution in [0.15, 0.2) is 18.2 Å². The molecule has 0 atom stereocenters. The van der Waals surface area contributed by atoms with Gasteiger partial charge in [-0.05, 0) is 54.5 Å². The van der Waals surface area contributed by atoms with Crippen molar-refractivity contribution in [2.75, 3.05) is 18.1 Å². The van der Waals surface area contributed by atoms with Gasteiger partial charge >= 0.3 is 0 Å². The Kier molecular flexibility index (Phi) is 4.80. The molecule has 17 heavy (non-hydrogen) atoms. The Labute approximate surface area is 105 Å². The Morgan fingerprint density at radius 3 is 2.41 bits per heavy atom. The Morgan fingerprint density at radius 1 is 1.12 bits per heavy atom. The van der Waals surface area contributed by atoms with Gasteiger partial charge in [-0.3, -0.25) is 0 Å². The first-order valence-electron chi connectivity index (χ1n) is 5.97. The lowest BCUT2D eigenvalue weighted by Gasteiger charge is -2.21. The first-order chi connectivity index (χ1) is 8.24. The summed E-state index contributed by atoms with van der Waals surface area (Å²) in [6.45, 7) is 1.48. The number of rotatable bonds is 4. The molecule has 1 N–H and O–H groups in total. The van der Waals surface area contributed by atoms with Gasteiger partial charge in [0.1, 0.15) is 11.6 Å². The lowest BCUT2D eigenvalue weighted by Crippen LogP contribution is -2.25. The smallest absolute Gasteiger partial charge is 0.126 e. The molecule has 1 aromatic carbocycles. The van der Waals surface area contributed by atoms with Gasteiger partial charge in [0.05, 0.1) is 0 Å². The van der Waals surface area contributed by atoms with Crippen molar-refractivity contribution in [2.24, 2.45) is 5.92 Å². The number of benzene rings is 1. The lowest BCUT2D eigenvalue weighted by atomic mass is 10.0. The van der Waals surface area contributed by atoms with Crippen molar-refractivity contribution in [3.05, 3.63) is 35.4 Å². The molecule has 1 aromatic rings. The first kappa shape index (κ1) is 12.8. The number of thioether (sulfide) groups is 1. The maximum absolute atomic E-state index is 12.9. The Hall–Kier alpha value is -0.610. The van der Waals surface area contributed by atoms with Crippen LogP contribution in [0, 0.1) is 17.6 Å². The zero-order valence-corrected chi connectivity index (χ0v) is 10.5. The molecule has 4 heteroatoms. The van der Waals surface area contributed by atoms with E-state index in [0.29, 0.717) is 12.1 Å². The van der Waals surface area contributed by atoms with Crippen LogP contribution in [-0.4, -0.2) is 18.1 Å². The fourth-order valence-corrected chi connectivity index (χ4v) is 3.29. The summed E-state index contributed by atoms with van der Waals surface area (Å²) in [5.74, 6) is 2.18. The summed E-state index contributed by atoms with van der Waals surface area (Å²) < 4.78 is 25.9. The van der Waals surface area contributed by atoms with E-state index in [4.69, 9.17) is 0 Å². The summed E-state index contributed by atoms with van der Waals surface area (Å²) in [6, 6.07) is 3.67. The third-order valence-electron chi connectivity index (χ3n) is 3.03. The van der Waals surface area contributed by atoms with Crippen LogP contribution in [0.4, 0.5) is 8.78 Å². The van der Waals surface area contributed by atoms with E-state index in [1.807, 2.05) is 11.8 Å². The molecule has 94 valence electrons. The van der Waals surface area contributed by atoms with Gasteiger partial charge in [0, 0.05) is 12.6 Å². The minimum absolute atomic E-state index is 0.504. The van der Waals surface area contributed by atoms with Crippen LogP contribution < -0.4 is 5.32 Å². The van der Waals surface area contributed by atoms with Gasteiger partial charge in [-0.2, -0.15) is 11.8 Å². The normalized spacial score (nSPS) is 17.3. The Bertz CT molecular complexity index is 344. The molecule has 0 radical (unpaired) electrons. The monoisotopic (exact) mass is 257 g/mol. The minimum Gasteiger partial charge on any atom is -0.312 e. The van der Waals surface area contributed by atoms with Crippen molar-refractivity contribution in [1.82, 2.24) is 5.32 Å². The van der Waals surface area contributed by atoms with E-state index in [-0.39, 0.29) is 0 Å². The summed E-state index contributed by atoms with van der Waals surface area (Å²) >= 11 is 2.01. The van der Waals surface area contributed by atoms with Gasteiger partial charge in [0.2, 0.25) is 0 Å². The van der Waals surface area contributed by atoms with Gasteiger partial charge in [-0.15, -0.1) is 0 Å². The van der Waals surface area contributed by atoms with Crippen LogP contribution in [0.1, 0.15) is 18.4 Å². The van der Waals surface area contributed by atoms with Crippen LogP contribution in [0.25, 0.3) is 0 Å². The summed E-state index contributed by atoms with van der Waals surface area (Å²) in [6.07, 6.45) is 2.49. The molecule has 0 unspecified atom stereocenters. The van der Waals surface area contributed by atoms with E-state index < -0.39 is 11.6 Å². The molecule has 1 nitrogen and oxygen atoms in total. The highest BCUT2D eigenvalue weighted by Crippen LogP contribution is 2.21. The standard InChI is InChI=1S/C13H17F2NS/c14-12-5-11(6-13(15)7-12)9-16-8-10-1-3-17-4-2-10/h5-7,10,16H,1-4,8-9H2. The average molecular weight is 257 g/mol. The average Bonchev–Trinajstić information content (AvgIpc) is 2.29. The van der Waals surface area contributed by atoms with Crippen molar-refractivity contribution in [1.29, 1.82) is 0 Å². The molecular weight excluding hydrogens is 240 g/mol. The Morgan fingerprint density at radius 2 is 1.76 bits per heavy atom. The second-order valence-electron chi connectivity index (χ2n) is 4.46. The van der Waals surface area contributed by atoms with Crippen molar-refractivity contribution < 1.29 is 8.78 Å². The highest BCUT2D eigenvalue weighted by molar-refractivity contribution is 7.99. The van der Waals surface area contributed by atoms with Crippen molar-refractivity contribution in [3.63, 3.8) is 0 Å². The third-order valence-corrected chi connectivity index (χ3v) is 4.07. The van der Waals surface area contributed by atoms with Gasteiger partial charge in [-0.25, -0.2) is 8.78 Å². The molecule has 1 aliphatic heterocycles. The molecule has 1 fully saturated rings. The summed E-state index contributed by atoms with van der Waals surface area (Å²) in [4.78, 5) is 0. The van der Waals surface area contributed by atoms with Gasteiger partial charge in [0.15, 0.2) is 0 Å². The molecule has 1 aliphatic rings. The van der Waals surface area contributed by atoms with Crippen molar-refractivity contribution in [3.8, 4) is 0 Å². The molecule has 0 amide bonds. The lowest BCUT2D eigenvalue weighted by molar-refractivity contribution is 0.447. The predicted octanol–water partition coefficient (Wildman–Crippen LogP) is 3.20. The molecular formula is C13H17F2NS. The quantitative estimate of drug-likeness (QED) is 0.889. The summed E-state index contributed by atoms with van der Waals surface area (Å²) in [7, 11) is 0. The SMILES string of the molecule is Fc1cc(F)cc(CNCC2CCSCC2)c1. The van der Waals surface area contributed by atoms with Crippen molar-refractivity contribution >= 4 is 11.8 Å². The van der Waals surface area contributed by atoms with E-state index in [1.165, 1.54) is 36.5 Å². The van der Waals surface area contributed by atoms with E-state index >= 15 is 0 Å². The largest absolute Gasteiger partial charge is 0.312 e. The zero-order valence-electron chi connectivity index (χ0n) is 9.72. The summed E-state index contributed by atoms with van der Waals surface area (Å²) in [5.41, 5.74) is 0.674. The summed E-state index contributed by atoms with van der Waals surface area (Å²) in [5, 5.41) is 3.28. The number of halogens is 2. The van der Waals surface area contributed by atoms with Gasteiger partial charge in [-0.1, -0.05) is 0 Å². The second-order valence-corrected chi connectivity index (χ2v) is 5.69. The van der Waals surface area contributed by atoms with E-state index in [1.54, 1.807) is 0 Å². The predicted molar refractivity (Wildman–Crippen MR) is 68.1 cm³/mol. The highest BCUT2D eigenvalue weighted by Gasteiger charge is 2.12. The second kappa shape index (κ2) is 6.36. The topological polar surface area (TPSA) is 12.0 Å².